The lowest BCUT2D eigenvalue weighted by molar-refractivity contribution is -0.177. The summed E-state index contributed by atoms with van der Waals surface area (Å²) in [7, 11) is 0. The maximum atomic E-state index is 12.1. The highest BCUT2D eigenvalue weighted by molar-refractivity contribution is 6.01. The topological polar surface area (TPSA) is 159 Å². The molecule has 0 unspecified atom stereocenters. The van der Waals surface area contributed by atoms with Crippen molar-refractivity contribution in [3.63, 3.8) is 0 Å². The van der Waals surface area contributed by atoms with Crippen LogP contribution in [0.5, 0.6) is 5.75 Å². The van der Waals surface area contributed by atoms with E-state index in [9.17, 15) is 24.0 Å². The van der Waals surface area contributed by atoms with E-state index in [1.54, 1.807) is 26.0 Å². The van der Waals surface area contributed by atoms with E-state index in [4.69, 9.17) is 18.9 Å². The summed E-state index contributed by atoms with van der Waals surface area (Å²) in [5.41, 5.74) is 1.84. The largest absolute Gasteiger partial charge is 0.534 e. The number of nitrogens with zero attached hydrogens (tertiary/aromatic N) is 1. The molecule has 13 nitrogen and oxygen atoms in total. The van der Waals surface area contributed by atoms with Gasteiger partial charge >= 0.3 is 18.3 Å². The van der Waals surface area contributed by atoms with Crippen LogP contribution in [0.2, 0.25) is 0 Å². The number of alkyl carbamates (subject to hydrolysis) is 1. The number of carbonyl (C=O) groups excluding carboxylic acids is 5. The summed E-state index contributed by atoms with van der Waals surface area (Å²) < 4.78 is 20.5. The van der Waals surface area contributed by atoms with Crippen molar-refractivity contribution in [1.29, 1.82) is 0 Å². The van der Waals surface area contributed by atoms with Crippen molar-refractivity contribution in [2.24, 2.45) is 0 Å². The smallest absolute Gasteiger partial charge is 0.450 e. The van der Waals surface area contributed by atoms with E-state index in [0.717, 1.165) is 6.42 Å². The Morgan fingerprint density at radius 1 is 0.889 bits per heavy atom. The van der Waals surface area contributed by atoms with Gasteiger partial charge in [0, 0.05) is 25.9 Å². The molecule has 0 saturated carbocycles. The predicted molar refractivity (Wildman–Crippen MR) is 123 cm³/mol. The molecule has 0 aromatic heterocycles. The average Bonchev–Trinajstić information content (AvgIpc) is 3.15. The highest BCUT2D eigenvalue weighted by Gasteiger charge is 2.33. The van der Waals surface area contributed by atoms with E-state index in [0.29, 0.717) is 34.1 Å². The number of rotatable bonds is 12. The number of hydroxylamine groups is 2. The fraction of sp³-hybridized carbons (Fsp3) is 0.522. The summed E-state index contributed by atoms with van der Waals surface area (Å²) in [6, 6.07) is 3.33. The lowest BCUT2D eigenvalue weighted by atomic mass is 10.1. The van der Waals surface area contributed by atoms with Gasteiger partial charge in [0.1, 0.15) is 12.4 Å². The van der Waals surface area contributed by atoms with E-state index in [2.05, 4.69) is 15.5 Å². The second-order valence-corrected chi connectivity index (χ2v) is 7.76. The number of benzene rings is 1. The van der Waals surface area contributed by atoms with Crippen LogP contribution >= 0.6 is 0 Å². The summed E-state index contributed by atoms with van der Waals surface area (Å²) in [5, 5.41) is 5.51. The number of carbonyl (C=O) groups is 5. The average molecular weight is 510 g/mol. The zero-order chi connectivity index (χ0) is 26.5. The quantitative estimate of drug-likeness (QED) is 0.243. The predicted octanol–water partition coefficient (Wildman–Crippen LogP) is 2.26. The van der Waals surface area contributed by atoms with Gasteiger partial charge in [0.25, 0.3) is 11.8 Å². The molecule has 0 spiro atoms. The number of imide groups is 1. The van der Waals surface area contributed by atoms with Crippen LogP contribution in [0.4, 0.5) is 14.4 Å². The van der Waals surface area contributed by atoms with Crippen molar-refractivity contribution < 1.29 is 47.8 Å². The van der Waals surface area contributed by atoms with Crippen molar-refractivity contribution in [1.82, 2.24) is 15.7 Å². The van der Waals surface area contributed by atoms with E-state index in [1.807, 2.05) is 6.92 Å². The number of hydrogen-bond acceptors (Lipinski definition) is 10. The molecule has 0 aliphatic carbocycles. The number of nitrogens with one attached hydrogen (secondary N) is 2. The molecule has 1 aromatic carbocycles. The van der Waals surface area contributed by atoms with Gasteiger partial charge in [-0.25, -0.2) is 14.4 Å². The van der Waals surface area contributed by atoms with Crippen molar-refractivity contribution in [3.05, 3.63) is 28.8 Å². The van der Waals surface area contributed by atoms with Crippen molar-refractivity contribution in [2.45, 2.75) is 46.6 Å². The summed E-state index contributed by atoms with van der Waals surface area (Å²) in [5.74, 6) is -0.851. The molecule has 1 heterocycles. The second-order valence-electron chi connectivity index (χ2n) is 7.76. The van der Waals surface area contributed by atoms with E-state index < -0.39 is 30.2 Å². The molecule has 1 aliphatic heterocycles. The number of hydrogen-bond donors (Lipinski definition) is 2. The number of aryl methyl sites for hydroxylation is 2. The monoisotopic (exact) mass is 509 g/mol. The lowest BCUT2D eigenvalue weighted by Crippen LogP contribution is -2.32. The fourth-order valence-corrected chi connectivity index (χ4v) is 3.11. The van der Waals surface area contributed by atoms with Crippen LogP contribution < -0.4 is 15.4 Å². The van der Waals surface area contributed by atoms with E-state index in [1.165, 1.54) is 0 Å². The molecule has 0 radical (unpaired) electrons. The molecule has 2 rings (SSSR count). The Kier molecular flexibility index (Phi) is 11.4. The second kappa shape index (κ2) is 14.5. The van der Waals surface area contributed by atoms with Gasteiger partial charge in [0.2, 0.25) is 0 Å². The molecule has 1 aliphatic rings. The lowest BCUT2D eigenvalue weighted by Gasteiger charge is -2.15. The Bertz CT molecular complexity index is 926. The Balaban J connectivity index is 1.69. The molecule has 13 heteroatoms. The third-order valence-electron chi connectivity index (χ3n) is 4.71. The maximum absolute atomic E-state index is 12.1. The summed E-state index contributed by atoms with van der Waals surface area (Å²) in [6.45, 7) is 6.49. The number of amides is 4. The maximum Gasteiger partial charge on any atom is 0.534 e. The summed E-state index contributed by atoms with van der Waals surface area (Å²) >= 11 is 0. The zero-order valence-electron chi connectivity index (χ0n) is 20.5. The van der Waals surface area contributed by atoms with Gasteiger partial charge in [-0.05, 0) is 49.1 Å². The van der Waals surface area contributed by atoms with Crippen LogP contribution in [0, 0.1) is 13.8 Å². The third kappa shape index (κ3) is 9.41. The zero-order valence-corrected chi connectivity index (χ0v) is 20.5. The molecule has 198 valence electrons. The molecule has 1 aromatic rings. The van der Waals surface area contributed by atoms with Gasteiger partial charge in [-0.1, -0.05) is 12.0 Å². The van der Waals surface area contributed by atoms with E-state index >= 15 is 0 Å². The Hall–Kier alpha value is -3.87. The van der Waals surface area contributed by atoms with Crippen LogP contribution in [0.3, 0.4) is 0 Å². The molecular formula is C23H31N3O10. The van der Waals surface area contributed by atoms with Gasteiger partial charge in [0.05, 0.1) is 19.8 Å². The normalized spacial score (nSPS) is 12.8. The molecule has 36 heavy (non-hydrogen) atoms. The van der Waals surface area contributed by atoms with Gasteiger partial charge < -0.3 is 29.6 Å². The van der Waals surface area contributed by atoms with Crippen LogP contribution in [-0.2, 0) is 35.2 Å². The van der Waals surface area contributed by atoms with Crippen LogP contribution in [-0.4, -0.2) is 68.1 Å². The Labute approximate surface area is 208 Å². The van der Waals surface area contributed by atoms with Crippen LogP contribution in [0.15, 0.2) is 12.1 Å². The molecule has 1 saturated heterocycles. The first-order valence-electron chi connectivity index (χ1n) is 11.5. The summed E-state index contributed by atoms with van der Waals surface area (Å²) in [6.07, 6.45) is -1.63. The fourth-order valence-electron chi connectivity index (χ4n) is 3.11. The Morgan fingerprint density at radius 2 is 1.47 bits per heavy atom. The van der Waals surface area contributed by atoms with Crippen LogP contribution in [0.25, 0.3) is 0 Å². The highest BCUT2D eigenvalue weighted by Crippen LogP contribution is 2.25. The minimum Gasteiger partial charge on any atom is -0.450 e. The molecule has 0 atom stereocenters. The van der Waals surface area contributed by atoms with Crippen molar-refractivity contribution in [2.75, 3.05) is 32.9 Å². The highest BCUT2D eigenvalue weighted by atomic mass is 16.8. The van der Waals surface area contributed by atoms with E-state index in [-0.39, 0.29) is 45.8 Å². The first kappa shape index (κ1) is 28.4. The molecule has 0 bridgehead atoms. The molecular weight excluding hydrogens is 478 g/mol. The summed E-state index contributed by atoms with van der Waals surface area (Å²) in [4.78, 5) is 62.8. The first-order chi connectivity index (χ1) is 17.2. The molecule has 4 amide bonds. The molecule has 2 N–H and O–H groups in total. The van der Waals surface area contributed by atoms with Gasteiger partial charge in [-0.3, -0.25) is 14.4 Å². The first-order valence-corrected chi connectivity index (χ1v) is 11.5. The number of ether oxygens (including phenoxy) is 4. The van der Waals surface area contributed by atoms with Crippen molar-refractivity contribution >= 4 is 30.2 Å². The minimum atomic E-state index is -1.18. The minimum absolute atomic E-state index is 0.0127. The standard InChI is InChI=1S/C23H31N3O10/c1-4-9-33-21(29)24-7-10-32-11-8-25-22(30)35-20-15(2)12-17(13-16(20)3)14-34-23(31)36-26-18(27)5-6-19(26)28/h12-13H,4-11,14H2,1-3H3,(H,24,29)(H,25,30). The van der Waals surface area contributed by atoms with Gasteiger partial charge in [0.15, 0.2) is 0 Å². The molecule has 1 fully saturated rings. The SMILES string of the molecule is CCCOC(=O)NCCOCCNC(=O)Oc1c(C)cc(COC(=O)ON2C(=O)CCC2=O)cc1C. The van der Waals surface area contributed by atoms with Gasteiger partial charge in [-0.15, -0.1) is 0 Å². The van der Waals surface area contributed by atoms with Gasteiger partial charge in [-0.2, -0.15) is 0 Å². The Morgan fingerprint density at radius 3 is 2.06 bits per heavy atom. The van der Waals surface area contributed by atoms with Crippen LogP contribution in [0.1, 0.15) is 42.9 Å². The van der Waals surface area contributed by atoms with Crippen molar-refractivity contribution in [3.8, 4) is 5.75 Å². The third-order valence-corrected chi connectivity index (χ3v) is 4.71.